The smallest absolute Gasteiger partial charge is 0.223 e. The minimum Gasteiger partial charge on any atom is -0.349 e. The number of rotatable bonds is 4. The van der Waals surface area contributed by atoms with Gasteiger partial charge in [0, 0.05) is 16.5 Å². The van der Waals surface area contributed by atoms with Crippen LogP contribution in [-0.4, -0.2) is 18.0 Å². The van der Waals surface area contributed by atoms with E-state index in [-0.39, 0.29) is 23.4 Å². The van der Waals surface area contributed by atoms with Crippen molar-refractivity contribution in [2.75, 3.05) is 6.54 Å². The number of nitrogens with one attached hydrogen (secondary N) is 2. The molecule has 1 spiro atoms. The Labute approximate surface area is 155 Å². The van der Waals surface area contributed by atoms with E-state index in [9.17, 15) is 4.79 Å². The van der Waals surface area contributed by atoms with Crippen LogP contribution in [0.1, 0.15) is 63.5 Å². The van der Waals surface area contributed by atoms with Crippen molar-refractivity contribution in [3.8, 4) is 0 Å². The molecule has 4 rings (SSSR count). The Hall–Kier alpha value is -1.06. The lowest BCUT2D eigenvalue weighted by molar-refractivity contribution is -0.132. The standard InChI is InChI=1S/C21H29ClN2O/c1-14-9-10-23-21(14)12-17(13-21)20(25)24-19(15-5-2-3-6-15)16-7-4-8-18(22)11-16/h4,7-8,11,14-15,17,19,23H,2-3,5-6,9-10,12-13H2,1H3,(H,24,25)/t14-,17?,19+,21?/m1/s1. The van der Waals surface area contributed by atoms with Crippen molar-refractivity contribution in [3.63, 3.8) is 0 Å². The van der Waals surface area contributed by atoms with Crippen molar-refractivity contribution in [2.45, 2.75) is 63.5 Å². The van der Waals surface area contributed by atoms with Crippen LogP contribution in [0.25, 0.3) is 0 Å². The zero-order valence-electron chi connectivity index (χ0n) is 15.1. The van der Waals surface area contributed by atoms with Crippen molar-refractivity contribution in [1.82, 2.24) is 10.6 Å². The second kappa shape index (κ2) is 6.92. The molecule has 2 aliphatic carbocycles. The third-order valence-corrected chi connectivity index (χ3v) is 7.20. The Morgan fingerprint density at radius 1 is 1.28 bits per heavy atom. The molecule has 2 N–H and O–H groups in total. The van der Waals surface area contributed by atoms with Gasteiger partial charge in [-0.15, -0.1) is 0 Å². The molecule has 25 heavy (non-hydrogen) atoms. The normalized spacial score (nSPS) is 33.4. The van der Waals surface area contributed by atoms with E-state index in [4.69, 9.17) is 11.6 Å². The summed E-state index contributed by atoms with van der Waals surface area (Å²) in [7, 11) is 0. The van der Waals surface area contributed by atoms with Crippen LogP contribution in [0.2, 0.25) is 5.02 Å². The number of hydrogen-bond donors (Lipinski definition) is 2. The van der Waals surface area contributed by atoms with E-state index < -0.39 is 0 Å². The van der Waals surface area contributed by atoms with Gasteiger partial charge in [-0.25, -0.2) is 0 Å². The van der Waals surface area contributed by atoms with Gasteiger partial charge in [0.1, 0.15) is 0 Å². The second-order valence-corrected chi connectivity index (χ2v) is 8.90. The highest BCUT2D eigenvalue weighted by molar-refractivity contribution is 6.30. The quantitative estimate of drug-likeness (QED) is 0.831. The highest BCUT2D eigenvalue weighted by Crippen LogP contribution is 2.47. The molecule has 4 heteroatoms. The zero-order valence-corrected chi connectivity index (χ0v) is 15.8. The van der Waals surface area contributed by atoms with Gasteiger partial charge in [-0.05, 0) is 68.2 Å². The van der Waals surface area contributed by atoms with E-state index in [1.165, 1.54) is 32.1 Å². The monoisotopic (exact) mass is 360 g/mol. The summed E-state index contributed by atoms with van der Waals surface area (Å²) >= 11 is 6.21. The van der Waals surface area contributed by atoms with E-state index >= 15 is 0 Å². The number of amides is 1. The summed E-state index contributed by atoms with van der Waals surface area (Å²) in [4.78, 5) is 12.9. The van der Waals surface area contributed by atoms with Gasteiger partial charge in [-0.2, -0.15) is 0 Å². The van der Waals surface area contributed by atoms with Gasteiger partial charge in [0.25, 0.3) is 0 Å². The van der Waals surface area contributed by atoms with Crippen molar-refractivity contribution in [1.29, 1.82) is 0 Å². The Bertz CT molecular complexity index is 635. The molecule has 2 atom stereocenters. The zero-order chi connectivity index (χ0) is 17.4. The van der Waals surface area contributed by atoms with Crippen molar-refractivity contribution in [3.05, 3.63) is 34.9 Å². The first-order valence-corrected chi connectivity index (χ1v) is 10.3. The molecule has 1 aromatic carbocycles. The summed E-state index contributed by atoms with van der Waals surface area (Å²) in [6, 6.07) is 8.14. The molecule has 1 aromatic rings. The van der Waals surface area contributed by atoms with Gasteiger partial charge in [0.2, 0.25) is 5.91 Å². The van der Waals surface area contributed by atoms with Crippen molar-refractivity contribution < 1.29 is 4.79 Å². The van der Waals surface area contributed by atoms with Crippen LogP contribution in [0.5, 0.6) is 0 Å². The third kappa shape index (κ3) is 3.33. The SMILES string of the molecule is C[C@@H]1CCNC12CC(C(=O)N[C@H](c1cccc(Cl)c1)C1CCCC1)C2. The summed E-state index contributed by atoms with van der Waals surface area (Å²) in [6.07, 6.45) is 8.16. The molecular weight excluding hydrogens is 332 g/mol. The first-order valence-electron chi connectivity index (χ1n) is 9.88. The van der Waals surface area contributed by atoms with E-state index in [0.717, 1.165) is 30.0 Å². The van der Waals surface area contributed by atoms with Crippen LogP contribution in [0.3, 0.4) is 0 Å². The van der Waals surface area contributed by atoms with Crippen molar-refractivity contribution >= 4 is 17.5 Å². The largest absolute Gasteiger partial charge is 0.349 e. The summed E-state index contributed by atoms with van der Waals surface area (Å²) in [5.41, 5.74) is 1.40. The topological polar surface area (TPSA) is 41.1 Å². The fraction of sp³-hybridized carbons (Fsp3) is 0.667. The van der Waals surface area contributed by atoms with E-state index in [1.807, 2.05) is 18.2 Å². The van der Waals surface area contributed by atoms with E-state index in [1.54, 1.807) is 0 Å². The molecule has 2 saturated carbocycles. The predicted octanol–water partition coefficient (Wildman–Crippen LogP) is 4.47. The maximum Gasteiger partial charge on any atom is 0.223 e. The maximum atomic E-state index is 12.9. The predicted molar refractivity (Wildman–Crippen MR) is 102 cm³/mol. The maximum absolute atomic E-state index is 12.9. The van der Waals surface area contributed by atoms with Crippen LogP contribution >= 0.6 is 11.6 Å². The van der Waals surface area contributed by atoms with E-state index in [2.05, 4.69) is 23.6 Å². The molecule has 3 aliphatic rings. The van der Waals surface area contributed by atoms with Gasteiger partial charge in [0.15, 0.2) is 0 Å². The highest BCUT2D eigenvalue weighted by Gasteiger charge is 2.52. The van der Waals surface area contributed by atoms with Crippen LogP contribution in [-0.2, 0) is 4.79 Å². The van der Waals surface area contributed by atoms with Gasteiger partial charge >= 0.3 is 0 Å². The molecule has 0 aromatic heterocycles. The summed E-state index contributed by atoms with van der Waals surface area (Å²) in [5.74, 6) is 1.63. The molecule has 3 fully saturated rings. The first-order chi connectivity index (χ1) is 12.1. The van der Waals surface area contributed by atoms with Crippen LogP contribution < -0.4 is 10.6 Å². The van der Waals surface area contributed by atoms with Crippen LogP contribution in [0.15, 0.2) is 24.3 Å². The number of carbonyl (C=O) groups is 1. The first kappa shape index (κ1) is 17.4. The molecule has 0 unspecified atom stereocenters. The van der Waals surface area contributed by atoms with Gasteiger partial charge in [-0.3, -0.25) is 4.79 Å². The lowest BCUT2D eigenvalue weighted by atomic mass is 9.63. The molecule has 0 radical (unpaired) electrons. The molecular formula is C21H29ClN2O. The molecule has 3 nitrogen and oxygen atoms in total. The van der Waals surface area contributed by atoms with Crippen molar-refractivity contribution in [2.24, 2.45) is 17.8 Å². The molecule has 1 heterocycles. The van der Waals surface area contributed by atoms with E-state index in [0.29, 0.717) is 11.8 Å². The lowest BCUT2D eigenvalue weighted by Gasteiger charge is -2.48. The molecule has 1 saturated heterocycles. The lowest BCUT2D eigenvalue weighted by Crippen LogP contribution is -2.58. The number of halogens is 1. The van der Waals surface area contributed by atoms with Crippen LogP contribution in [0, 0.1) is 17.8 Å². The Morgan fingerprint density at radius 2 is 2.04 bits per heavy atom. The minimum atomic E-state index is 0.110. The summed E-state index contributed by atoms with van der Waals surface area (Å²) in [5, 5.41) is 7.81. The molecule has 136 valence electrons. The van der Waals surface area contributed by atoms with Gasteiger partial charge < -0.3 is 10.6 Å². The second-order valence-electron chi connectivity index (χ2n) is 8.46. The number of hydrogen-bond acceptors (Lipinski definition) is 2. The van der Waals surface area contributed by atoms with Gasteiger partial charge in [0.05, 0.1) is 6.04 Å². The average Bonchev–Trinajstić information content (AvgIpc) is 3.20. The van der Waals surface area contributed by atoms with Gasteiger partial charge in [-0.1, -0.05) is 43.5 Å². The molecule has 1 amide bonds. The summed E-state index contributed by atoms with van der Waals surface area (Å²) in [6.45, 7) is 3.42. The highest BCUT2D eigenvalue weighted by atomic mass is 35.5. The molecule has 1 aliphatic heterocycles. The fourth-order valence-corrected chi connectivity index (χ4v) is 5.47. The minimum absolute atomic E-state index is 0.110. The summed E-state index contributed by atoms with van der Waals surface area (Å²) < 4.78 is 0. The number of carbonyl (C=O) groups excluding carboxylic acids is 1. The Morgan fingerprint density at radius 3 is 2.68 bits per heavy atom. The number of benzene rings is 1. The Kier molecular flexibility index (Phi) is 4.81. The third-order valence-electron chi connectivity index (χ3n) is 6.97. The fourth-order valence-electron chi connectivity index (χ4n) is 5.28. The Balaban J connectivity index is 1.45. The molecule has 0 bridgehead atoms. The average molecular weight is 361 g/mol. The van der Waals surface area contributed by atoms with Crippen LogP contribution in [0.4, 0.5) is 0 Å².